The average molecular weight is 577 g/mol. The molecule has 0 aliphatic carbocycles. The first-order valence-electron chi connectivity index (χ1n) is 13.0. The van der Waals surface area contributed by atoms with Crippen LogP contribution in [-0.2, 0) is 16.1 Å². The van der Waals surface area contributed by atoms with E-state index >= 15 is 0 Å². The molecule has 3 aromatic carbocycles. The van der Waals surface area contributed by atoms with E-state index in [1.807, 2.05) is 55.1 Å². The highest BCUT2D eigenvalue weighted by atomic mass is 35.5. The Morgan fingerprint density at radius 1 is 1.10 bits per heavy atom. The molecule has 1 aromatic heterocycles. The number of fused-ring (bicyclic) bond motifs is 1. The van der Waals surface area contributed by atoms with Crippen molar-refractivity contribution in [3.05, 3.63) is 65.7 Å². The number of carboxylic acid groups (broad SMARTS) is 2. The fraction of sp³-hybridized carbons (Fsp3) is 0.300. The van der Waals surface area contributed by atoms with E-state index in [4.69, 9.17) is 9.26 Å². The summed E-state index contributed by atoms with van der Waals surface area (Å²) >= 11 is 0. The summed E-state index contributed by atoms with van der Waals surface area (Å²) in [4.78, 5) is 29.9. The van der Waals surface area contributed by atoms with Crippen LogP contribution in [0.25, 0.3) is 33.6 Å². The molecular formula is C30H29ClN4O6. The van der Waals surface area contributed by atoms with Crippen LogP contribution in [0.4, 0.5) is 0 Å². The van der Waals surface area contributed by atoms with Crippen LogP contribution in [0.5, 0.6) is 5.75 Å². The van der Waals surface area contributed by atoms with Gasteiger partial charge in [-0.15, -0.1) is 12.4 Å². The molecule has 2 unspecified atom stereocenters. The van der Waals surface area contributed by atoms with Gasteiger partial charge in [-0.3, -0.25) is 14.5 Å². The van der Waals surface area contributed by atoms with Crippen molar-refractivity contribution in [3.8, 4) is 34.7 Å². The predicted molar refractivity (Wildman–Crippen MR) is 153 cm³/mol. The third-order valence-corrected chi connectivity index (χ3v) is 7.12. The lowest BCUT2D eigenvalue weighted by atomic mass is 9.85. The zero-order valence-electron chi connectivity index (χ0n) is 22.5. The number of halogens is 1. The molecule has 1 aliphatic rings. The van der Waals surface area contributed by atoms with Crippen molar-refractivity contribution in [3.63, 3.8) is 0 Å². The van der Waals surface area contributed by atoms with Crippen molar-refractivity contribution in [2.45, 2.75) is 32.9 Å². The van der Waals surface area contributed by atoms with Crippen LogP contribution >= 0.6 is 12.4 Å². The molecule has 2 heterocycles. The standard InChI is InChI=1S/C30H28N4O6.ClH/c1-17(2)39-26-10-8-18(13-20(26)14-31)28-32-27(33-40-28)23-9-7-19(21-5-3-4-6-22(21)23)15-34-12-11-24(29(35)36)25(16-34)30(37)38;/h3-10,13,17,24-25H,11-12,15-16H2,1-2H3,(H,35,36)(H,37,38);1H. The van der Waals surface area contributed by atoms with Crippen molar-refractivity contribution in [1.82, 2.24) is 15.0 Å². The number of aromatic nitrogens is 2. The largest absolute Gasteiger partial charge is 0.490 e. The molecule has 2 atom stereocenters. The molecule has 2 N–H and O–H groups in total. The van der Waals surface area contributed by atoms with Gasteiger partial charge in [0.25, 0.3) is 5.89 Å². The summed E-state index contributed by atoms with van der Waals surface area (Å²) in [5, 5.41) is 34.7. The summed E-state index contributed by atoms with van der Waals surface area (Å²) in [7, 11) is 0. The maximum atomic E-state index is 11.7. The number of carbonyl (C=O) groups is 2. The molecule has 0 spiro atoms. The molecule has 0 bridgehead atoms. The van der Waals surface area contributed by atoms with Gasteiger partial charge in [0.1, 0.15) is 11.8 Å². The fourth-order valence-electron chi connectivity index (χ4n) is 5.20. The number of nitriles is 1. The molecule has 41 heavy (non-hydrogen) atoms. The molecule has 1 aliphatic heterocycles. The molecule has 10 nitrogen and oxygen atoms in total. The minimum absolute atomic E-state index is 0. The highest BCUT2D eigenvalue weighted by molar-refractivity contribution is 5.97. The van der Waals surface area contributed by atoms with Gasteiger partial charge >= 0.3 is 11.9 Å². The monoisotopic (exact) mass is 576 g/mol. The molecule has 11 heteroatoms. The second-order valence-corrected chi connectivity index (χ2v) is 10.1. The molecule has 5 rings (SSSR count). The molecule has 0 saturated carbocycles. The third-order valence-electron chi connectivity index (χ3n) is 7.12. The zero-order valence-corrected chi connectivity index (χ0v) is 23.3. The number of rotatable bonds is 8. The quantitative estimate of drug-likeness (QED) is 0.285. The Morgan fingerprint density at radius 3 is 2.51 bits per heavy atom. The Kier molecular flexibility index (Phi) is 8.91. The van der Waals surface area contributed by atoms with E-state index in [0.717, 1.165) is 21.9 Å². The molecule has 1 saturated heterocycles. The van der Waals surface area contributed by atoms with Gasteiger partial charge < -0.3 is 19.5 Å². The number of carboxylic acids is 2. The topological polar surface area (TPSA) is 150 Å². The minimum Gasteiger partial charge on any atom is -0.490 e. The summed E-state index contributed by atoms with van der Waals surface area (Å²) in [5.74, 6) is -2.84. The summed E-state index contributed by atoms with van der Waals surface area (Å²) in [5.41, 5.74) is 2.73. The Balaban J connectivity index is 0.00000387. The number of piperidine rings is 1. The number of likely N-dealkylation sites (tertiary alicyclic amines) is 1. The van der Waals surface area contributed by atoms with E-state index in [1.54, 1.807) is 18.2 Å². The third kappa shape index (κ3) is 6.16. The van der Waals surface area contributed by atoms with Gasteiger partial charge in [0, 0.05) is 24.2 Å². The Bertz CT molecular complexity index is 1630. The van der Waals surface area contributed by atoms with Crippen LogP contribution in [0.1, 0.15) is 31.4 Å². The highest BCUT2D eigenvalue weighted by Gasteiger charge is 2.38. The summed E-state index contributed by atoms with van der Waals surface area (Å²) in [6.45, 7) is 4.93. The zero-order chi connectivity index (χ0) is 28.4. The number of nitrogens with zero attached hydrogens (tertiary/aromatic N) is 4. The lowest BCUT2D eigenvalue weighted by Crippen LogP contribution is -2.46. The van der Waals surface area contributed by atoms with Crippen LogP contribution in [0, 0.1) is 23.2 Å². The Hall–Kier alpha value is -4.46. The summed E-state index contributed by atoms with van der Waals surface area (Å²) in [6.07, 6.45) is 0.214. The first-order valence-corrected chi connectivity index (χ1v) is 13.0. The van der Waals surface area contributed by atoms with Crippen LogP contribution in [0.2, 0.25) is 0 Å². The second kappa shape index (κ2) is 12.4. The van der Waals surface area contributed by atoms with E-state index in [2.05, 4.69) is 16.2 Å². The van der Waals surface area contributed by atoms with Gasteiger partial charge in [0.15, 0.2) is 0 Å². The predicted octanol–water partition coefficient (Wildman–Crippen LogP) is 5.24. The molecule has 4 aromatic rings. The number of aliphatic carboxylic acids is 2. The molecular weight excluding hydrogens is 548 g/mol. The van der Waals surface area contributed by atoms with Crippen molar-refractivity contribution < 1.29 is 29.1 Å². The normalized spacial score (nSPS) is 17.1. The molecule has 0 radical (unpaired) electrons. The Labute approximate surface area is 242 Å². The van der Waals surface area contributed by atoms with Gasteiger partial charge in [0.05, 0.1) is 23.5 Å². The summed E-state index contributed by atoms with van der Waals surface area (Å²) in [6, 6.07) is 19.0. The fourth-order valence-corrected chi connectivity index (χ4v) is 5.20. The van der Waals surface area contributed by atoms with E-state index in [1.165, 1.54) is 0 Å². The van der Waals surface area contributed by atoms with Crippen molar-refractivity contribution in [2.24, 2.45) is 11.8 Å². The first-order chi connectivity index (χ1) is 19.2. The molecule has 212 valence electrons. The SMILES string of the molecule is CC(C)Oc1ccc(-c2nc(-c3ccc(CN4CCC(C(=O)O)C(C(=O)O)C4)c4ccccc34)no2)cc1C#N.Cl. The minimum atomic E-state index is -1.09. The van der Waals surface area contributed by atoms with E-state index in [-0.39, 0.29) is 37.4 Å². The van der Waals surface area contributed by atoms with Crippen LogP contribution in [0.15, 0.2) is 59.1 Å². The maximum absolute atomic E-state index is 11.7. The number of ether oxygens (including phenoxy) is 1. The van der Waals surface area contributed by atoms with Crippen molar-refractivity contribution in [1.29, 1.82) is 5.26 Å². The maximum Gasteiger partial charge on any atom is 0.308 e. The van der Waals surface area contributed by atoms with E-state index < -0.39 is 23.8 Å². The van der Waals surface area contributed by atoms with Crippen LogP contribution in [0.3, 0.4) is 0 Å². The average Bonchev–Trinajstić information content (AvgIpc) is 3.43. The molecule has 1 fully saturated rings. The van der Waals surface area contributed by atoms with Gasteiger partial charge in [0.2, 0.25) is 5.82 Å². The van der Waals surface area contributed by atoms with Gasteiger partial charge in [-0.25, -0.2) is 0 Å². The van der Waals surface area contributed by atoms with Crippen LogP contribution in [-0.4, -0.2) is 56.4 Å². The van der Waals surface area contributed by atoms with Crippen molar-refractivity contribution in [2.75, 3.05) is 13.1 Å². The summed E-state index contributed by atoms with van der Waals surface area (Å²) < 4.78 is 11.3. The van der Waals surface area contributed by atoms with E-state index in [9.17, 15) is 25.1 Å². The Morgan fingerprint density at radius 2 is 1.83 bits per heavy atom. The van der Waals surface area contributed by atoms with Crippen LogP contribution < -0.4 is 4.74 Å². The van der Waals surface area contributed by atoms with E-state index in [0.29, 0.717) is 35.8 Å². The first kappa shape index (κ1) is 29.5. The number of hydrogen-bond acceptors (Lipinski definition) is 8. The lowest BCUT2D eigenvalue weighted by molar-refractivity contribution is -0.157. The number of hydrogen-bond donors (Lipinski definition) is 2. The highest BCUT2D eigenvalue weighted by Crippen LogP contribution is 2.33. The molecule has 0 amide bonds. The lowest BCUT2D eigenvalue weighted by Gasteiger charge is -2.34. The van der Waals surface area contributed by atoms with Gasteiger partial charge in [-0.05, 0) is 61.3 Å². The van der Waals surface area contributed by atoms with Gasteiger partial charge in [-0.2, -0.15) is 10.2 Å². The number of benzene rings is 3. The second-order valence-electron chi connectivity index (χ2n) is 10.1. The smallest absolute Gasteiger partial charge is 0.308 e. The van der Waals surface area contributed by atoms with Crippen molar-refractivity contribution >= 4 is 35.1 Å². The van der Waals surface area contributed by atoms with Gasteiger partial charge in [-0.1, -0.05) is 41.6 Å².